The Morgan fingerprint density at radius 3 is 0.902 bits per heavy atom. The summed E-state index contributed by atoms with van der Waals surface area (Å²) in [5, 5.41) is 4.78. The zero-order valence-corrected chi connectivity index (χ0v) is 30.9. The molecule has 0 unspecified atom stereocenters. The molecule has 4 nitrogen and oxygen atoms in total. The summed E-state index contributed by atoms with van der Waals surface area (Å²) < 4.78 is 29.4. The molecule has 0 aliphatic rings. The molecule has 0 fully saturated rings. The monoisotopic (exact) mass is 718 g/mol. The third-order valence-corrected chi connectivity index (χ3v) is 16.3. The van der Waals surface area contributed by atoms with Crippen LogP contribution in [0.4, 0.5) is 11.4 Å². The highest BCUT2D eigenvalue weighted by molar-refractivity contribution is 7.85. The third kappa shape index (κ3) is 7.07. The smallest absolute Gasteiger partial charge is 0.171 e. The zero-order valence-electron chi connectivity index (χ0n) is 28.3. The van der Waals surface area contributed by atoms with Gasteiger partial charge >= 0.3 is 0 Å². The molecule has 0 saturated heterocycles. The van der Waals surface area contributed by atoms with E-state index in [0.29, 0.717) is 0 Å². The van der Waals surface area contributed by atoms with E-state index in [9.17, 15) is 9.13 Å². The predicted molar refractivity (Wildman–Crippen MR) is 220 cm³/mol. The Bertz CT molecular complexity index is 2150. The number of aliphatic imine (C=N–C) groups is 2. The van der Waals surface area contributed by atoms with Crippen LogP contribution in [0.3, 0.4) is 0 Å². The lowest BCUT2D eigenvalue weighted by Gasteiger charge is -2.20. The molecule has 7 aromatic rings. The van der Waals surface area contributed by atoms with Crippen molar-refractivity contribution in [3.05, 3.63) is 192 Å². The molecule has 0 amide bonds. The molecule has 6 aromatic carbocycles. The Morgan fingerprint density at radius 2 is 0.627 bits per heavy atom. The van der Waals surface area contributed by atoms with E-state index >= 15 is 0 Å². The van der Waals surface area contributed by atoms with Crippen molar-refractivity contribution in [2.24, 2.45) is 9.98 Å². The standard InChI is InChI=1S/C44H36N2O2P2S/c1-33(45-35-23-27-41(28-24-35)49(47,37-15-7-3-8-16-37)38-17-9-4-10-18-38)43-31-32-44(51-43)34(2)46-36-25-29-42(30-26-36)50(48,39-19-11-5-12-20-39)40-21-13-6-14-22-40/h3-32H,1-2H3. The Hall–Kier alpha value is -5.18. The molecular formula is C44H36N2O2P2S. The van der Waals surface area contributed by atoms with Gasteiger partial charge in [-0.1, -0.05) is 121 Å². The van der Waals surface area contributed by atoms with Gasteiger partial charge in [-0.05, 0) is 74.5 Å². The third-order valence-electron chi connectivity index (χ3n) is 8.82. The molecule has 0 spiro atoms. The molecule has 1 heterocycles. The molecule has 0 atom stereocenters. The minimum atomic E-state index is -3.04. The maximum atomic E-state index is 14.7. The van der Waals surface area contributed by atoms with Crippen molar-refractivity contribution in [2.75, 3.05) is 0 Å². The van der Waals surface area contributed by atoms with Gasteiger partial charge in [-0.2, -0.15) is 0 Å². The summed E-state index contributed by atoms with van der Waals surface area (Å²) in [7, 11) is -6.08. The fourth-order valence-electron chi connectivity index (χ4n) is 6.14. The molecule has 51 heavy (non-hydrogen) atoms. The van der Waals surface area contributed by atoms with Gasteiger partial charge in [0.1, 0.15) is 0 Å². The van der Waals surface area contributed by atoms with E-state index in [-0.39, 0.29) is 0 Å². The number of hydrogen-bond donors (Lipinski definition) is 0. The minimum Gasteiger partial charge on any atom is -0.309 e. The van der Waals surface area contributed by atoms with Crippen LogP contribution >= 0.6 is 25.6 Å². The average Bonchev–Trinajstić information content (AvgIpc) is 3.71. The van der Waals surface area contributed by atoms with Crippen LogP contribution in [0.5, 0.6) is 0 Å². The first-order valence-corrected chi connectivity index (χ1v) is 20.9. The van der Waals surface area contributed by atoms with Crippen LogP contribution in [0.25, 0.3) is 0 Å². The number of benzene rings is 6. The highest BCUT2D eigenvalue weighted by atomic mass is 32.1. The van der Waals surface area contributed by atoms with Crippen LogP contribution in [0, 0.1) is 0 Å². The molecule has 0 saturated carbocycles. The van der Waals surface area contributed by atoms with Crippen molar-refractivity contribution in [1.82, 2.24) is 0 Å². The van der Waals surface area contributed by atoms with Crippen molar-refractivity contribution in [3.63, 3.8) is 0 Å². The van der Waals surface area contributed by atoms with E-state index in [1.807, 2.05) is 184 Å². The van der Waals surface area contributed by atoms with Gasteiger partial charge in [0.2, 0.25) is 0 Å². The van der Waals surface area contributed by atoms with E-state index in [4.69, 9.17) is 9.98 Å². The molecule has 0 N–H and O–H groups in total. The Balaban J connectivity index is 1.11. The maximum absolute atomic E-state index is 14.7. The van der Waals surface area contributed by atoms with Crippen molar-refractivity contribution in [1.29, 1.82) is 0 Å². The van der Waals surface area contributed by atoms with Crippen molar-refractivity contribution < 1.29 is 9.13 Å². The summed E-state index contributed by atoms with van der Waals surface area (Å²) >= 11 is 1.64. The Morgan fingerprint density at radius 1 is 0.373 bits per heavy atom. The molecule has 0 aliphatic carbocycles. The topological polar surface area (TPSA) is 58.9 Å². The SMILES string of the molecule is CC(=Nc1ccc(P(=O)(c2ccccc2)c2ccccc2)cc1)c1ccc(C(C)=Nc2ccc(P(=O)(c3ccccc3)c3ccccc3)cc2)s1. The van der Waals surface area contributed by atoms with E-state index in [1.165, 1.54) is 0 Å². The number of rotatable bonds is 10. The molecule has 7 heteroatoms. The normalized spacial score (nSPS) is 12.5. The molecule has 0 radical (unpaired) electrons. The molecular weight excluding hydrogens is 683 g/mol. The van der Waals surface area contributed by atoms with E-state index in [2.05, 4.69) is 12.1 Å². The predicted octanol–water partition coefficient (Wildman–Crippen LogP) is 9.31. The van der Waals surface area contributed by atoms with Gasteiger partial charge in [0, 0.05) is 41.6 Å². The summed E-state index contributed by atoms with van der Waals surface area (Å²) in [6.07, 6.45) is 0. The minimum absolute atomic E-state index is 0.776. The van der Waals surface area contributed by atoms with Crippen LogP contribution in [0.2, 0.25) is 0 Å². The highest BCUT2D eigenvalue weighted by Gasteiger charge is 2.30. The quantitative estimate of drug-likeness (QED) is 0.105. The molecule has 0 aliphatic heterocycles. The van der Waals surface area contributed by atoms with E-state index in [0.717, 1.165) is 64.4 Å². The first-order chi connectivity index (χ1) is 24.9. The van der Waals surface area contributed by atoms with Gasteiger partial charge in [-0.3, -0.25) is 9.98 Å². The fraction of sp³-hybridized carbons (Fsp3) is 0.0455. The second-order valence-corrected chi connectivity index (χ2v) is 18.8. The van der Waals surface area contributed by atoms with Crippen LogP contribution in [0.1, 0.15) is 23.6 Å². The van der Waals surface area contributed by atoms with Gasteiger partial charge in [-0.15, -0.1) is 11.3 Å². The van der Waals surface area contributed by atoms with Gasteiger partial charge in [0.15, 0.2) is 14.3 Å². The molecule has 7 rings (SSSR count). The van der Waals surface area contributed by atoms with Gasteiger partial charge in [0.05, 0.1) is 22.8 Å². The lowest BCUT2D eigenvalue weighted by Crippen LogP contribution is -2.24. The van der Waals surface area contributed by atoms with Crippen molar-refractivity contribution in [2.45, 2.75) is 13.8 Å². The van der Waals surface area contributed by atoms with Gasteiger partial charge < -0.3 is 9.13 Å². The van der Waals surface area contributed by atoms with E-state index in [1.54, 1.807) is 11.3 Å². The lowest BCUT2D eigenvalue weighted by atomic mass is 10.2. The van der Waals surface area contributed by atoms with Gasteiger partial charge in [0.25, 0.3) is 0 Å². The van der Waals surface area contributed by atoms with Crippen LogP contribution in [0.15, 0.2) is 192 Å². The number of hydrogen-bond acceptors (Lipinski definition) is 5. The Kier molecular flexibility index (Phi) is 10.1. The first-order valence-electron chi connectivity index (χ1n) is 16.7. The number of nitrogens with zero attached hydrogens (tertiary/aromatic N) is 2. The summed E-state index contributed by atoms with van der Waals surface area (Å²) in [6, 6.07) is 58.4. The Labute approximate surface area is 303 Å². The largest absolute Gasteiger partial charge is 0.309 e. The highest BCUT2D eigenvalue weighted by Crippen LogP contribution is 2.43. The second-order valence-electron chi connectivity index (χ2n) is 12.2. The maximum Gasteiger partial charge on any atom is 0.171 e. The first kappa shape index (κ1) is 34.3. The van der Waals surface area contributed by atoms with Crippen LogP contribution in [-0.2, 0) is 9.13 Å². The summed E-state index contributed by atoms with van der Waals surface area (Å²) in [5.41, 5.74) is 3.38. The van der Waals surface area contributed by atoms with Gasteiger partial charge in [-0.25, -0.2) is 0 Å². The summed E-state index contributed by atoms with van der Waals surface area (Å²) in [4.78, 5) is 11.9. The number of thiophene rings is 1. The van der Waals surface area contributed by atoms with Crippen molar-refractivity contribution >= 4 is 80.2 Å². The summed E-state index contributed by atoms with van der Waals surface area (Å²) in [6.45, 7) is 4.01. The van der Waals surface area contributed by atoms with Crippen LogP contribution in [-0.4, -0.2) is 11.4 Å². The molecule has 250 valence electrons. The lowest BCUT2D eigenvalue weighted by molar-refractivity contribution is 0.591. The molecule has 1 aromatic heterocycles. The zero-order chi connectivity index (χ0) is 35.3. The van der Waals surface area contributed by atoms with E-state index < -0.39 is 14.3 Å². The molecule has 0 bridgehead atoms. The average molecular weight is 719 g/mol. The summed E-state index contributed by atoms with van der Waals surface area (Å²) in [5.74, 6) is 0. The van der Waals surface area contributed by atoms with Crippen LogP contribution < -0.4 is 31.8 Å². The van der Waals surface area contributed by atoms with Crippen molar-refractivity contribution in [3.8, 4) is 0 Å². The fourth-order valence-corrected chi connectivity index (χ4v) is 12.3. The second kappa shape index (κ2) is 15.0.